The van der Waals surface area contributed by atoms with Crippen LogP contribution in [0, 0.1) is 5.82 Å². The third-order valence-electron chi connectivity index (χ3n) is 3.66. The molecule has 0 spiro atoms. The second kappa shape index (κ2) is 7.66. The minimum absolute atomic E-state index is 0.0806. The number of hydrogen-bond donors (Lipinski definition) is 1. The summed E-state index contributed by atoms with van der Waals surface area (Å²) in [4.78, 5) is 4.05. The second-order valence-corrected chi connectivity index (χ2v) is 5.99. The number of halogens is 2. The van der Waals surface area contributed by atoms with Gasteiger partial charge in [-0.2, -0.15) is 0 Å². The first-order valence-corrected chi connectivity index (χ1v) is 8.01. The lowest BCUT2D eigenvalue weighted by atomic mass is 9.88. The highest BCUT2D eigenvalue weighted by molar-refractivity contribution is 9.10. The van der Waals surface area contributed by atoms with E-state index in [2.05, 4.69) is 40.1 Å². The Morgan fingerprint density at radius 3 is 2.57 bits per heavy atom. The van der Waals surface area contributed by atoms with Gasteiger partial charge < -0.3 is 5.32 Å². The van der Waals surface area contributed by atoms with Gasteiger partial charge in [-0.25, -0.2) is 4.39 Å². The Bertz CT molecular complexity index is 554. The first kappa shape index (κ1) is 16.1. The number of aromatic nitrogens is 1. The summed E-state index contributed by atoms with van der Waals surface area (Å²) in [7, 11) is 0. The standard InChI is InChI=1S/C17H20BrFN2/c1-3-9-21-17(12(2)13-7-10-20-11-8-13)16-14(18)5-4-6-15(16)19/h4-8,10-12,17,21H,3,9H2,1-2H3. The summed E-state index contributed by atoms with van der Waals surface area (Å²) in [6.45, 7) is 5.07. The molecule has 0 aliphatic rings. The van der Waals surface area contributed by atoms with Crippen molar-refractivity contribution in [3.63, 3.8) is 0 Å². The lowest BCUT2D eigenvalue weighted by Gasteiger charge is -2.27. The molecule has 0 fully saturated rings. The molecule has 0 amide bonds. The molecule has 0 saturated heterocycles. The molecule has 0 saturated carbocycles. The highest BCUT2D eigenvalue weighted by Gasteiger charge is 2.25. The van der Waals surface area contributed by atoms with Gasteiger partial charge in [-0.1, -0.05) is 35.8 Å². The Balaban J connectivity index is 2.39. The maximum atomic E-state index is 14.3. The van der Waals surface area contributed by atoms with Crippen LogP contribution in [0.25, 0.3) is 0 Å². The SMILES string of the molecule is CCCNC(c1c(F)cccc1Br)C(C)c1ccncc1. The number of nitrogens with zero attached hydrogens (tertiary/aromatic N) is 1. The van der Waals surface area contributed by atoms with E-state index < -0.39 is 0 Å². The molecule has 2 rings (SSSR count). The van der Waals surface area contributed by atoms with Crippen molar-refractivity contribution in [2.45, 2.75) is 32.2 Å². The van der Waals surface area contributed by atoms with Crippen LogP contribution in [0.4, 0.5) is 4.39 Å². The monoisotopic (exact) mass is 350 g/mol. The molecule has 1 heterocycles. The highest BCUT2D eigenvalue weighted by Crippen LogP contribution is 2.35. The number of benzene rings is 1. The van der Waals surface area contributed by atoms with Crippen LogP contribution >= 0.6 is 15.9 Å². The molecule has 0 aliphatic carbocycles. The van der Waals surface area contributed by atoms with Crippen LogP contribution in [-0.2, 0) is 0 Å². The van der Waals surface area contributed by atoms with Gasteiger partial charge in [0, 0.05) is 34.4 Å². The highest BCUT2D eigenvalue weighted by atomic mass is 79.9. The molecule has 0 bridgehead atoms. The summed E-state index contributed by atoms with van der Waals surface area (Å²) in [5.74, 6) is -0.0355. The summed E-state index contributed by atoms with van der Waals surface area (Å²) >= 11 is 3.49. The molecule has 0 aliphatic heterocycles. The molecule has 2 atom stereocenters. The predicted molar refractivity (Wildman–Crippen MR) is 87.8 cm³/mol. The van der Waals surface area contributed by atoms with Crippen molar-refractivity contribution in [2.75, 3.05) is 6.54 Å². The molecular weight excluding hydrogens is 331 g/mol. The van der Waals surface area contributed by atoms with E-state index in [0.717, 1.165) is 23.0 Å². The van der Waals surface area contributed by atoms with Gasteiger partial charge in [0.2, 0.25) is 0 Å². The fourth-order valence-corrected chi connectivity index (χ4v) is 3.08. The van der Waals surface area contributed by atoms with Crippen LogP contribution in [-0.4, -0.2) is 11.5 Å². The van der Waals surface area contributed by atoms with Gasteiger partial charge in [0.15, 0.2) is 0 Å². The van der Waals surface area contributed by atoms with Crippen molar-refractivity contribution in [2.24, 2.45) is 0 Å². The van der Waals surface area contributed by atoms with Crippen LogP contribution in [0.2, 0.25) is 0 Å². The van der Waals surface area contributed by atoms with Gasteiger partial charge in [-0.3, -0.25) is 4.98 Å². The van der Waals surface area contributed by atoms with Gasteiger partial charge in [-0.15, -0.1) is 0 Å². The molecule has 2 aromatic rings. The Labute approximate surface area is 133 Å². The van der Waals surface area contributed by atoms with Crippen molar-refractivity contribution < 1.29 is 4.39 Å². The predicted octanol–water partition coefficient (Wildman–Crippen LogP) is 4.83. The van der Waals surface area contributed by atoms with E-state index in [1.807, 2.05) is 18.2 Å². The Morgan fingerprint density at radius 1 is 1.24 bits per heavy atom. The molecule has 1 aromatic carbocycles. The number of hydrogen-bond acceptors (Lipinski definition) is 2. The molecule has 112 valence electrons. The zero-order valence-electron chi connectivity index (χ0n) is 12.3. The summed E-state index contributed by atoms with van der Waals surface area (Å²) in [5, 5.41) is 3.48. The van der Waals surface area contributed by atoms with Crippen molar-refractivity contribution >= 4 is 15.9 Å². The van der Waals surface area contributed by atoms with Crippen molar-refractivity contribution in [3.05, 3.63) is 64.1 Å². The van der Waals surface area contributed by atoms with E-state index in [1.165, 1.54) is 6.07 Å². The van der Waals surface area contributed by atoms with E-state index in [4.69, 9.17) is 0 Å². The van der Waals surface area contributed by atoms with E-state index >= 15 is 0 Å². The normalized spacial score (nSPS) is 13.9. The lowest BCUT2D eigenvalue weighted by molar-refractivity contribution is 0.443. The molecule has 2 nitrogen and oxygen atoms in total. The molecule has 0 radical (unpaired) electrons. The molecule has 21 heavy (non-hydrogen) atoms. The molecule has 1 N–H and O–H groups in total. The van der Waals surface area contributed by atoms with Crippen LogP contribution in [0.5, 0.6) is 0 Å². The maximum absolute atomic E-state index is 14.3. The van der Waals surface area contributed by atoms with Gasteiger partial charge in [0.25, 0.3) is 0 Å². The second-order valence-electron chi connectivity index (χ2n) is 5.14. The molecule has 1 aromatic heterocycles. The zero-order chi connectivity index (χ0) is 15.2. The van der Waals surface area contributed by atoms with Crippen LogP contribution in [0.3, 0.4) is 0 Å². The minimum atomic E-state index is -0.182. The van der Waals surface area contributed by atoms with Crippen molar-refractivity contribution in [1.82, 2.24) is 10.3 Å². The Hall–Kier alpha value is -1.26. The summed E-state index contributed by atoms with van der Waals surface area (Å²) < 4.78 is 15.1. The summed E-state index contributed by atoms with van der Waals surface area (Å²) in [5.41, 5.74) is 1.84. The van der Waals surface area contributed by atoms with E-state index in [9.17, 15) is 4.39 Å². The number of pyridine rings is 1. The average Bonchev–Trinajstić information content (AvgIpc) is 2.50. The van der Waals surface area contributed by atoms with Gasteiger partial charge >= 0.3 is 0 Å². The summed E-state index contributed by atoms with van der Waals surface area (Å²) in [6, 6.07) is 9.01. The van der Waals surface area contributed by atoms with Crippen LogP contribution < -0.4 is 5.32 Å². The number of rotatable bonds is 6. The average molecular weight is 351 g/mol. The fourth-order valence-electron chi connectivity index (χ4n) is 2.50. The molecule has 4 heteroatoms. The first-order chi connectivity index (χ1) is 10.1. The Morgan fingerprint density at radius 2 is 1.95 bits per heavy atom. The summed E-state index contributed by atoms with van der Waals surface area (Å²) in [6.07, 6.45) is 4.56. The third kappa shape index (κ3) is 3.89. The van der Waals surface area contributed by atoms with Gasteiger partial charge in [0.1, 0.15) is 5.82 Å². The molecular formula is C17H20BrFN2. The van der Waals surface area contributed by atoms with Crippen molar-refractivity contribution in [3.8, 4) is 0 Å². The smallest absolute Gasteiger partial charge is 0.129 e. The van der Waals surface area contributed by atoms with Gasteiger partial charge in [-0.05, 0) is 42.8 Å². The van der Waals surface area contributed by atoms with E-state index in [1.54, 1.807) is 18.5 Å². The van der Waals surface area contributed by atoms with Crippen molar-refractivity contribution in [1.29, 1.82) is 0 Å². The Kier molecular flexibility index (Phi) is 5.88. The quantitative estimate of drug-likeness (QED) is 0.807. The van der Waals surface area contributed by atoms with Crippen LogP contribution in [0.15, 0.2) is 47.2 Å². The van der Waals surface area contributed by atoms with Gasteiger partial charge in [0.05, 0.1) is 0 Å². The number of nitrogens with one attached hydrogen (secondary N) is 1. The largest absolute Gasteiger partial charge is 0.309 e. The lowest BCUT2D eigenvalue weighted by Crippen LogP contribution is -2.28. The van der Waals surface area contributed by atoms with Crippen LogP contribution in [0.1, 0.15) is 43.4 Å². The fraction of sp³-hybridized carbons (Fsp3) is 0.353. The van der Waals surface area contributed by atoms with E-state index in [0.29, 0.717) is 5.56 Å². The zero-order valence-corrected chi connectivity index (χ0v) is 13.9. The topological polar surface area (TPSA) is 24.9 Å². The maximum Gasteiger partial charge on any atom is 0.129 e. The third-order valence-corrected chi connectivity index (χ3v) is 4.35. The first-order valence-electron chi connectivity index (χ1n) is 7.22. The minimum Gasteiger partial charge on any atom is -0.309 e. The van der Waals surface area contributed by atoms with E-state index in [-0.39, 0.29) is 17.8 Å². The molecule has 2 unspecified atom stereocenters.